The predicted molar refractivity (Wildman–Crippen MR) is 83.3 cm³/mol. The molecule has 5 heteroatoms. The summed E-state index contributed by atoms with van der Waals surface area (Å²) in [7, 11) is 2.03. The Labute approximate surface area is 125 Å². The molecule has 1 aromatic heterocycles. The number of likely N-dealkylation sites (tertiary alicyclic amines) is 1. The number of benzene rings is 1. The van der Waals surface area contributed by atoms with Gasteiger partial charge >= 0.3 is 0 Å². The highest BCUT2D eigenvalue weighted by Crippen LogP contribution is 2.22. The van der Waals surface area contributed by atoms with Crippen molar-refractivity contribution < 1.29 is 4.52 Å². The van der Waals surface area contributed by atoms with Gasteiger partial charge in [-0.05, 0) is 43.2 Å². The van der Waals surface area contributed by atoms with Crippen LogP contribution in [0.2, 0.25) is 0 Å². The maximum atomic E-state index is 5.37. The Balaban J connectivity index is 1.68. The van der Waals surface area contributed by atoms with Gasteiger partial charge in [0.15, 0.2) is 0 Å². The average Bonchev–Trinajstić information content (AvgIpc) is 3.17. The average molecular weight is 286 g/mol. The number of likely N-dealkylation sites (N-methyl/N-ethyl adjacent to an activating group) is 2. The summed E-state index contributed by atoms with van der Waals surface area (Å²) < 4.78 is 5.37. The third-order valence-electron chi connectivity index (χ3n) is 4.17. The third-order valence-corrected chi connectivity index (χ3v) is 4.17. The van der Waals surface area contributed by atoms with Crippen LogP contribution in [-0.2, 0) is 0 Å². The molecule has 21 heavy (non-hydrogen) atoms. The Morgan fingerprint density at radius 1 is 1.33 bits per heavy atom. The van der Waals surface area contributed by atoms with Crippen molar-refractivity contribution in [3.8, 4) is 11.5 Å². The Morgan fingerprint density at radius 3 is 2.90 bits per heavy atom. The van der Waals surface area contributed by atoms with Crippen LogP contribution in [0.4, 0.5) is 5.95 Å². The molecular weight excluding hydrogens is 264 g/mol. The number of aromatic nitrogens is 2. The zero-order chi connectivity index (χ0) is 14.7. The van der Waals surface area contributed by atoms with E-state index in [1.54, 1.807) is 0 Å². The van der Waals surface area contributed by atoms with Crippen molar-refractivity contribution in [3.63, 3.8) is 0 Å². The summed E-state index contributed by atoms with van der Waals surface area (Å²) in [5.74, 6) is 1.24. The molecule has 1 aromatic carbocycles. The summed E-state index contributed by atoms with van der Waals surface area (Å²) in [5.41, 5.74) is 0.959. The van der Waals surface area contributed by atoms with Crippen molar-refractivity contribution >= 4 is 5.95 Å². The zero-order valence-electron chi connectivity index (χ0n) is 12.7. The molecular formula is C16H22N4O. The highest BCUT2D eigenvalue weighted by atomic mass is 16.5. The summed E-state index contributed by atoms with van der Waals surface area (Å²) in [6.07, 6.45) is 2.54. The van der Waals surface area contributed by atoms with Crippen LogP contribution in [0.1, 0.15) is 19.8 Å². The molecule has 1 atom stereocenters. The molecule has 1 aliphatic rings. The second kappa shape index (κ2) is 6.26. The van der Waals surface area contributed by atoms with Crippen molar-refractivity contribution in [1.29, 1.82) is 0 Å². The Morgan fingerprint density at radius 2 is 2.14 bits per heavy atom. The van der Waals surface area contributed by atoms with Gasteiger partial charge in [-0.25, -0.2) is 0 Å². The molecule has 5 nitrogen and oxygen atoms in total. The molecule has 3 rings (SSSR count). The minimum absolute atomic E-state index is 0.580. The molecule has 112 valence electrons. The van der Waals surface area contributed by atoms with Crippen LogP contribution in [0.3, 0.4) is 0 Å². The predicted octanol–water partition coefficient (Wildman–Crippen LogP) is 2.66. The van der Waals surface area contributed by atoms with Crippen molar-refractivity contribution in [2.24, 2.45) is 0 Å². The summed E-state index contributed by atoms with van der Waals surface area (Å²) in [6.45, 7) is 5.48. The molecule has 0 N–H and O–H groups in total. The van der Waals surface area contributed by atoms with Crippen LogP contribution < -0.4 is 4.90 Å². The molecule has 1 fully saturated rings. The minimum Gasteiger partial charge on any atom is -0.340 e. The van der Waals surface area contributed by atoms with Gasteiger partial charge in [0.1, 0.15) is 0 Å². The number of anilines is 1. The maximum absolute atomic E-state index is 5.37. The lowest BCUT2D eigenvalue weighted by atomic mass is 10.2. The first-order valence-electron chi connectivity index (χ1n) is 7.62. The standard InChI is InChI=1S/C16H22N4O/c1-3-20-11-7-10-14(20)12-19(2)16-17-15(21-18-16)13-8-5-4-6-9-13/h4-6,8-9,14H,3,7,10-12H2,1-2H3. The van der Waals surface area contributed by atoms with Gasteiger partial charge in [-0.1, -0.05) is 25.1 Å². The van der Waals surface area contributed by atoms with Gasteiger partial charge in [-0.2, -0.15) is 4.98 Å². The SMILES string of the molecule is CCN1CCCC1CN(C)c1noc(-c2ccccc2)n1. The van der Waals surface area contributed by atoms with Gasteiger partial charge < -0.3 is 9.42 Å². The maximum Gasteiger partial charge on any atom is 0.266 e. The number of nitrogens with zero attached hydrogens (tertiary/aromatic N) is 4. The molecule has 0 spiro atoms. The van der Waals surface area contributed by atoms with Gasteiger partial charge in [0.2, 0.25) is 0 Å². The fourth-order valence-electron chi connectivity index (χ4n) is 2.98. The van der Waals surface area contributed by atoms with Gasteiger partial charge in [0, 0.05) is 25.2 Å². The van der Waals surface area contributed by atoms with Crippen LogP contribution >= 0.6 is 0 Å². The summed E-state index contributed by atoms with van der Waals surface area (Å²) in [4.78, 5) is 9.12. The van der Waals surface area contributed by atoms with E-state index in [0.717, 1.165) is 18.7 Å². The number of hydrogen-bond acceptors (Lipinski definition) is 5. The second-order valence-corrected chi connectivity index (χ2v) is 5.57. The van der Waals surface area contributed by atoms with Crippen molar-refractivity contribution in [1.82, 2.24) is 15.0 Å². The Hall–Kier alpha value is -1.88. The first-order chi connectivity index (χ1) is 10.3. The van der Waals surface area contributed by atoms with Crippen LogP contribution in [0.15, 0.2) is 34.9 Å². The normalized spacial score (nSPS) is 19.0. The van der Waals surface area contributed by atoms with E-state index in [1.807, 2.05) is 37.4 Å². The minimum atomic E-state index is 0.580. The van der Waals surface area contributed by atoms with Gasteiger partial charge in [-0.15, -0.1) is 0 Å². The molecule has 2 aromatic rings. The van der Waals surface area contributed by atoms with Gasteiger partial charge in [0.05, 0.1) is 0 Å². The van der Waals surface area contributed by atoms with E-state index in [1.165, 1.54) is 19.4 Å². The Kier molecular flexibility index (Phi) is 4.20. The highest BCUT2D eigenvalue weighted by molar-refractivity contribution is 5.53. The zero-order valence-corrected chi connectivity index (χ0v) is 12.7. The molecule has 1 saturated heterocycles. The summed E-state index contributed by atoms with van der Waals surface area (Å²) in [5, 5.41) is 4.11. The molecule has 0 aliphatic carbocycles. The topological polar surface area (TPSA) is 45.4 Å². The van der Waals surface area contributed by atoms with Crippen LogP contribution in [0, 0.1) is 0 Å². The smallest absolute Gasteiger partial charge is 0.266 e. The third kappa shape index (κ3) is 3.08. The first kappa shape index (κ1) is 14.1. The summed E-state index contributed by atoms with van der Waals surface area (Å²) in [6, 6.07) is 10.5. The van der Waals surface area contributed by atoms with E-state index < -0.39 is 0 Å². The van der Waals surface area contributed by atoms with Crippen molar-refractivity contribution in [2.45, 2.75) is 25.8 Å². The summed E-state index contributed by atoms with van der Waals surface area (Å²) >= 11 is 0. The van der Waals surface area contributed by atoms with Crippen LogP contribution in [-0.4, -0.2) is 47.8 Å². The van der Waals surface area contributed by atoms with Crippen molar-refractivity contribution in [2.75, 3.05) is 31.6 Å². The van der Waals surface area contributed by atoms with E-state index in [2.05, 4.69) is 26.9 Å². The van der Waals surface area contributed by atoms with Gasteiger partial charge in [0.25, 0.3) is 11.8 Å². The monoisotopic (exact) mass is 286 g/mol. The highest BCUT2D eigenvalue weighted by Gasteiger charge is 2.25. The largest absolute Gasteiger partial charge is 0.340 e. The molecule has 0 saturated carbocycles. The van der Waals surface area contributed by atoms with E-state index in [-0.39, 0.29) is 0 Å². The van der Waals surface area contributed by atoms with E-state index in [4.69, 9.17) is 4.52 Å². The van der Waals surface area contributed by atoms with E-state index in [0.29, 0.717) is 17.9 Å². The second-order valence-electron chi connectivity index (χ2n) is 5.57. The number of hydrogen-bond donors (Lipinski definition) is 0. The fraction of sp³-hybridized carbons (Fsp3) is 0.500. The van der Waals surface area contributed by atoms with Crippen molar-refractivity contribution in [3.05, 3.63) is 30.3 Å². The lowest BCUT2D eigenvalue weighted by molar-refractivity contribution is 0.270. The molecule has 0 bridgehead atoms. The van der Waals surface area contributed by atoms with Crippen LogP contribution in [0.25, 0.3) is 11.5 Å². The first-order valence-corrected chi connectivity index (χ1v) is 7.62. The molecule has 0 amide bonds. The fourth-order valence-corrected chi connectivity index (χ4v) is 2.98. The lowest BCUT2D eigenvalue weighted by Crippen LogP contribution is -2.39. The van der Waals surface area contributed by atoms with E-state index >= 15 is 0 Å². The number of rotatable bonds is 5. The quantitative estimate of drug-likeness (QED) is 0.845. The van der Waals surface area contributed by atoms with Crippen LogP contribution in [0.5, 0.6) is 0 Å². The van der Waals surface area contributed by atoms with Gasteiger partial charge in [-0.3, -0.25) is 4.90 Å². The van der Waals surface area contributed by atoms with E-state index in [9.17, 15) is 0 Å². The molecule has 0 radical (unpaired) electrons. The Bertz CT molecular complexity index is 569. The lowest BCUT2D eigenvalue weighted by Gasteiger charge is -2.26. The molecule has 1 aliphatic heterocycles. The molecule has 1 unspecified atom stereocenters. The molecule has 2 heterocycles.